The zero-order chi connectivity index (χ0) is 16.1. The number of benzene rings is 1. The lowest BCUT2D eigenvalue weighted by Gasteiger charge is -2.22. The highest BCUT2D eigenvalue weighted by Gasteiger charge is 2.26. The predicted molar refractivity (Wildman–Crippen MR) is 76.1 cm³/mol. The van der Waals surface area contributed by atoms with Crippen LogP contribution < -0.4 is 5.73 Å². The Bertz CT molecular complexity index is 543. The minimum Gasteiger partial charge on any atom is -0.480 e. The first-order valence-electron chi connectivity index (χ1n) is 5.88. The molecule has 0 aliphatic carbocycles. The smallest absolute Gasteiger partial charge is 0.321 e. The molecule has 0 bridgehead atoms. The van der Waals surface area contributed by atoms with E-state index in [2.05, 4.69) is 0 Å². The SMILES string of the molecule is CC(C)(C)[C@H](N)C(=O)O.Cc1ccc(S(=O)(=O)O)cc1. The molecule has 0 heterocycles. The van der Waals surface area contributed by atoms with Crippen LogP contribution >= 0.6 is 0 Å². The molecule has 0 amide bonds. The van der Waals surface area contributed by atoms with Crippen molar-refractivity contribution in [3.05, 3.63) is 29.8 Å². The van der Waals surface area contributed by atoms with Crippen LogP contribution in [0.25, 0.3) is 0 Å². The Morgan fingerprint density at radius 1 is 1.20 bits per heavy atom. The second-order valence-corrected chi connectivity index (χ2v) is 6.89. The lowest BCUT2D eigenvalue weighted by molar-refractivity contribution is -0.141. The van der Waals surface area contributed by atoms with Gasteiger partial charge in [-0.2, -0.15) is 8.42 Å². The van der Waals surface area contributed by atoms with E-state index in [9.17, 15) is 13.2 Å². The second kappa shape index (κ2) is 6.83. The number of nitrogens with two attached hydrogens (primary N) is 1. The molecule has 1 aromatic rings. The topological polar surface area (TPSA) is 118 Å². The van der Waals surface area contributed by atoms with Crippen molar-refractivity contribution in [3.8, 4) is 0 Å². The van der Waals surface area contributed by atoms with Crippen molar-refractivity contribution >= 4 is 16.1 Å². The van der Waals surface area contributed by atoms with E-state index in [0.29, 0.717) is 0 Å². The van der Waals surface area contributed by atoms with Gasteiger partial charge in [-0.25, -0.2) is 0 Å². The van der Waals surface area contributed by atoms with E-state index in [1.807, 2.05) is 6.92 Å². The van der Waals surface area contributed by atoms with Crippen molar-refractivity contribution in [2.45, 2.75) is 38.6 Å². The quantitative estimate of drug-likeness (QED) is 0.715. The Hall–Kier alpha value is -1.44. The molecule has 4 N–H and O–H groups in total. The Balaban J connectivity index is 0.000000370. The molecule has 114 valence electrons. The summed E-state index contributed by atoms with van der Waals surface area (Å²) in [5.41, 5.74) is 5.91. The van der Waals surface area contributed by atoms with Crippen LogP contribution in [0, 0.1) is 12.3 Å². The van der Waals surface area contributed by atoms with Gasteiger partial charge in [0.15, 0.2) is 0 Å². The molecule has 0 unspecified atom stereocenters. The maximum absolute atomic E-state index is 10.5. The van der Waals surface area contributed by atoms with Gasteiger partial charge in [-0.1, -0.05) is 38.5 Å². The summed E-state index contributed by atoms with van der Waals surface area (Å²) in [5, 5.41) is 8.39. The fourth-order valence-corrected chi connectivity index (χ4v) is 1.56. The molecule has 0 radical (unpaired) electrons. The molecule has 0 aliphatic rings. The molecule has 20 heavy (non-hydrogen) atoms. The van der Waals surface area contributed by atoms with Crippen LogP contribution in [0.5, 0.6) is 0 Å². The fraction of sp³-hybridized carbons (Fsp3) is 0.462. The van der Waals surface area contributed by atoms with Crippen LogP contribution in [-0.4, -0.2) is 30.1 Å². The first-order valence-corrected chi connectivity index (χ1v) is 7.32. The maximum Gasteiger partial charge on any atom is 0.321 e. The Kier molecular flexibility index (Phi) is 6.33. The van der Waals surface area contributed by atoms with E-state index in [4.69, 9.17) is 15.4 Å². The highest BCUT2D eigenvalue weighted by atomic mass is 32.2. The average molecular weight is 303 g/mol. The fourth-order valence-electron chi connectivity index (χ4n) is 1.08. The number of hydrogen-bond acceptors (Lipinski definition) is 4. The van der Waals surface area contributed by atoms with Gasteiger partial charge in [-0.05, 0) is 24.5 Å². The zero-order valence-corrected chi connectivity index (χ0v) is 12.8. The summed E-state index contributed by atoms with van der Waals surface area (Å²) >= 11 is 0. The number of carboxylic acid groups (broad SMARTS) is 1. The average Bonchev–Trinajstić information content (AvgIpc) is 2.26. The monoisotopic (exact) mass is 303 g/mol. The summed E-state index contributed by atoms with van der Waals surface area (Å²) in [6.07, 6.45) is 0. The molecule has 0 spiro atoms. The molecular formula is C13H21NO5S. The van der Waals surface area contributed by atoms with Crippen LogP contribution in [0.15, 0.2) is 29.2 Å². The van der Waals surface area contributed by atoms with Gasteiger partial charge in [0.05, 0.1) is 4.90 Å². The highest BCUT2D eigenvalue weighted by Crippen LogP contribution is 2.16. The first kappa shape index (κ1) is 18.6. The summed E-state index contributed by atoms with van der Waals surface area (Å²) in [6.45, 7) is 7.23. The number of carbonyl (C=O) groups is 1. The zero-order valence-electron chi connectivity index (χ0n) is 12.0. The Labute approximate surface area is 119 Å². The molecule has 1 aromatic carbocycles. The van der Waals surface area contributed by atoms with E-state index in [1.54, 1.807) is 32.9 Å². The van der Waals surface area contributed by atoms with Gasteiger partial charge < -0.3 is 10.8 Å². The number of carboxylic acids is 1. The van der Waals surface area contributed by atoms with Gasteiger partial charge in [0.1, 0.15) is 6.04 Å². The van der Waals surface area contributed by atoms with Gasteiger partial charge >= 0.3 is 5.97 Å². The summed E-state index contributed by atoms with van der Waals surface area (Å²) in [7, 11) is -4.02. The Morgan fingerprint density at radius 3 is 1.80 bits per heavy atom. The third-order valence-electron chi connectivity index (χ3n) is 2.52. The summed E-state index contributed by atoms with van der Waals surface area (Å²) < 4.78 is 29.6. The number of aliphatic carboxylic acids is 1. The third-order valence-corrected chi connectivity index (χ3v) is 3.39. The van der Waals surface area contributed by atoms with E-state index < -0.39 is 22.1 Å². The van der Waals surface area contributed by atoms with Gasteiger partial charge in [0.2, 0.25) is 0 Å². The molecule has 0 aliphatic heterocycles. The normalized spacial score (nSPS) is 13.1. The standard InChI is InChI=1S/C7H8O3S.C6H13NO2/c1-6-2-4-7(5-3-6)11(8,9)10;1-6(2,3)4(7)5(8)9/h2-5H,1H3,(H,8,9,10);4H,7H2,1-3H3,(H,8,9)/t;4-/m.1/s1. The van der Waals surface area contributed by atoms with Crippen molar-refractivity contribution < 1.29 is 22.9 Å². The molecule has 0 aromatic heterocycles. The van der Waals surface area contributed by atoms with Crippen molar-refractivity contribution in [1.29, 1.82) is 0 Å². The van der Waals surface area contributed by atoms with Crippen LogP contribution in [0.2, 0.25) is 0 Å². The summed E-state index contributed by atoms with van der Waals surface area (Å²) in [4.78, 5) is 10.2. The van der Waals surface area contributed by atoms with Crippen LogP contribution in [0.3, 0.4) is 0 Å². The summed E-state index contributed by atoms with van der Waals surface area (Å²) in [6, 6.07) is 5.22. The van der Waals surface area contributed by atoms with E-state index in [-0.39, 0.29) is 10.3 Å². The van der Waals surface area contributed by atoms with Crippen LogP contribution in [0.4, 0.5) is 0 Å². The van der Waals surface area contributed by atoms with E-state index in [1.165, 1.54) is 12.1 Å². The maximum atomic E-state index is 10.5. The highest BCUT2D eigenvalue weighted by molar-refractivity contribution is 7.85. The van der Waals surface area contributed by atoms with Crippen molar-refractivity contribution in [3.63, 3.8) is 0 Å². The molecule has 7 heteroatoms. The van der Waals surface area contributed by atoms with Crippen molar-refractivity contribution in [2.24, 2.45) is 11.1 Å². The third kappa shape index (κ3) is 6.65. The molecule has 1 rings (SSSR count). The van der Waals surface area contributed by atoms with Crippen molar-refractivity contribution in [2.75, 3.05) is 0 Å². The Morgan fingerprint density at radius 2 is 1.60 bits per heavy atom. The van der Waals surface area contributed by atoms with Gasteiger partial charge in [0, 0.05) is 0 Å². The summed E-state index contributed by atoms with van der Waals surface area (Å²) in [5.74, 6) is -0.942. The van der Waals surface area contributed by atoms with Gasteiger partial charge in [0.25, 0.3) is 10.1 Å². The van der Waals surface area contributed by atoms with Crippen LogP contribution in [-0.2, 0) is 14.9 Å². The molecule has 0 fully saturated rings. The van der Waals surface area contributed by atoms with Gasteiger partial charge in [-0.3, -0.25) is 9.35 Å². The minimum atomic E-state index is -4.02. The molecule has 0 saturated carbocycles. The minimum absolute atomic E-state index is 0.0666. The van der Waals surface area contributed by atoms with Gasteiger partial charge in [-0.15, -0.1) is 0 Å². The van der Waals surface area contributed by atoms with E-state index in [0.717, 1.165) is 5.56 Å². The number of hydrogen-bond donors (Lipinski definition) is 3. The predicted octanol–water partition coefficient (Wildman–Crippen LogP) is 1.69. The molecule has 0 saturated heterocycles. The number of rotatable bonds is 2. The molecular weight excluding hydrogens is 282 g/mol. The number of aryl methyl sites for hydroxylation is 1. The van der Waals surface area contributed by atoms with E-state index >= 15 is 0 Å². The van der Waals surface area contributed by atoms with Crippen molar-refractivity contribution in [1.82, 2.24) is 0 Å². The first-order chi connectivity index (χ1) is 8.85. The van der Waals surface area contributed by atoms with Crippen LogP contribution in [0.1, 0.15) is 26.3 Å². The largest absolute Gasteiger partial charge is 0.480 e. The molecule has 6 nitrogen and oxygen atoms in total. The lowest BCUT2D eigenvalue weighted by Crippen LogP contribution is -2.41. The second-order valence-electron chi connectivity index (χ2n) is 5.47. The lowest BCUT2D eigenvalue weighted by atomic mass is 9.88. The molecule has 1 atom stereocenters.